The second-order valence-corrected chi connectivity index (χ2v) is 9.50. The third kappa shape index (κ3) is 5.51. The molecule has 8 nitrogen and oxygen atoms in total. The molecule has 34 heavy (non-hydrogen) atoms. The van der Waals surface area contributed by atoms with E-state index in [2.05, 4.69) is 56.6 Å². The number of hydrogen-bond donors (Lipinski definition) is 2. The zero-order valence-electron chi connectivity index (χ0n) is 20.1. The van der Waals surface area contributed by atoms with Crippen molar-refractivity contribution in [2.24, 2.45) is 0 Å². The van der Waals surface area contributed by atoms with E-state index in [1.807, 2.05) is 32.0 Å². The SMILES string of the molecule is CC(C)n1cccc(Nc2nc(Nc3ccc(N4CCC(N(C)C)CC4)cc3)ncc2Cl)c1=O. The molecule has 9 heteroatoms. The molecule has 180 valence electrons. The smallest absolute Gasteiger partial charge is 0.274 e. The van der Waals surface area contributed by atoms with Crippen LogP contribution in [-0.4, -0.2) is 52.7 Å². The van der Waals surface area contributed by atoms with Crippen LogP contribution in [0, 0.1) is 0 Å². The van der Waals surface area contributed by atoms with Crippen molar-refractivity contribution in [2.75, 3.05) is 42.7 Å². The monoisotopic (exact) mass is 481 g/mol. The first-order valence-corrected chi connectivity index (χ1v) is 12.0. The Labute approximate surface area is 205 Å². The van der Waals surface area contributed by atoms with Gasteiger partial charge in [0.2, 0.25) is 5.95 Å². The van der Waals surface area contributed by atoms with E-state index in [-0.39, 0.29) is 11.6 Å². The Kier molecular flexibility index (Phi) is 7.38. The number of nitrogens with zero attached hydrogens (tertiary/aromatic N) is 5. The molecule has 1 aliphatic heterocycles. The van der Waals surface area contributed by atoms with Gasteiger partial charge in [-0.05, 0) is 77.2 Å². The molecule has 0 radical (unpaired) electrons. The number of rotatable bonds is 7. The van der Waals surface area contributed by atoms with Gasteiger partial charge in [-0.1, -0.05) is 11.6 Å². The molecule has 2 aromatic heterocycles. The molecule has 3 aromatic rings. The van der Waals surface area contributed by atoms with Crippen molar-refractivity contribution < 1.29 is 0 Å². The maximum Gasteiger partial charge on any atom is 0.274 e. The molecule has 3 heterocycles. The van der Waals surface area contributed by atoms with Crippen molar-refractivity contribution >= 4 is 40.4 Å². The molecule has 1 fully saturated rings. The second kappa shape index (κ2) is 10.4. The zero-order chi connectivity index (χ0) is 24.2. The lowest BCUT2D eigenvalue weighted by Crippen LogP contribution is -2.41. The van der Waals surface area contributed by atoms with Gasteiger partial charge in [0.05, 0.1) is 6.20 Å². The summed E-state index contributed by atoms with van der Waals surface area (Å²) in [5.41, 5.74) is 2.37. The summed E-state index contributed by atoms with van der Waals surface area (Å²) in [6.07, 6.45) is 5.63. The van der Waals surface area contributed by atoms with Crippen LogP contribution in [0.15, 0.2) is 53.6 Å². The third-order valence-electron chi connectivity index (χ3n) is 6.21. The first-order chi connectivity index (χ1) is 16.3. The summed E-state index contributed by atoms with van der Waals surface area (Å²) >= 11 is 6.31. The Morgan fingerprint density at radius 1 is 1.09 bits per heavy atom. The Hall–Kier alpha value is -3.10. The summed E-state index contributed by atoms with van der Waals surface area (Å²) in [7, 11) is 4.31. The van der Waals surface area contributed by atoms with Crippen LogP contribution in [0.2, 0.25) is 5.02 Å². The highest BCUT2D eigenvalue weighted by molar-refractivity contribution is 6.32. The van der Waals surface area contributed by atoms with Gasteiger partial charge in [-0.15, -0.1) is 0 Å². The fourth-order valence-electron chi connectivity index (χ4n) is 4.18. The van der Waals surface area contributed by atoms with E-state index in [1.165, 1.54) is 24.7 Å². The van der Waals surface area contributed by atoms with E-state index >= 15 is 0 Å². The van der Waals surface area contributed by atoms with Crippen LogP contribution in [0.4, 0.5) is 28.8 Å². The zero-order valence-corrected chi connectivity index (χ0v) is 20.9. The highest BCUT2D eigenvalue weighted by Gasteiger charge is 2.20. The van der Waals surface area contributed by atoms with Gasteiger partial charge in [0.25, 0.3) is 5.56 Å². The fourth-order valence-corrected chi connectivity index (χ4v) is 4.32. The molecule has 1 aliphatic rings. The number of anilines is 5. The first kappa shape index (κ1) is 24.0. The Bertz CT molecular complexity index is 1170. The number of halogens is 1. The van der Waals surface area contributed by atoms with Crippen molar-refractivity contribution in [1.82, 2.24) is 19.4 Å². The van der Waals surface area contributed by atoms with Crippen LogP contribution in [0.1, 0.15) is 32.7 Å². The van der Waals surface area contributed by atoms with Crippen molar-refractivity contribution in [1.29, 1.82) is 0 Å². The number of pyridine rings is 1. The second-order valence-electron chi connectivity index (χ2n) is 9.10. The molecular weight excluding hydrogens is 450 g/mol. The molecule has 1 aromatic carbocycles. The third-order valence-corrected chi connectivity index (χ3v) is 6.49. The van der Waals surface area contributed by atoms with E-state index in [9.17, 15) is 4.79 Å². The average Bonchev–Trinajstić information content (AvgIpc) is 2.83. The van der Waals surface area contributed by atoms with Crippen LogP contribution in [-0.2, 0) is 0 Å². The van der Waals surface area contributed by atoms with Gasteiger partial charge in [0.1, 0.15) is 10.7 Å². The molecule has 0 spiro atoms. The van der Waals surface area contributed by atoms with E-state index in [1.54, 1.807) is 16.8 Å². The minimum Gasteiger partial charge on any atom is -0.371 e. The predicted molar refractivity (Wildman–Crippen MR) is 140 cm³/mol. The van der Waals surface area contributed by atoms with E-state index < -0.39 is 0 Å². The molecule has 2 N–H and O–H groups in total. The van der Waals surface area contributed by atoms with Crippen molar-refractivity contribution in [3.05, 3.63) is 64.2 Å². The van der Waals surface area contributed by atoms with Crippen LogP contribution in [0.25, 0.3) is 0 Å². The molecule has 0 aliphatic carbocycles. The van der Waals surface area contributed by atoms with Gasteiger partial charge < -0.3 is 25.0 Å². The van der Waals surface area contributed by atoms with Gasteiger partial charge in [0.15, 0.2) is 5.82 Å². The molecule has 4 rings (SSSR count). The maximum absolute atomic E-state index is 12.7. The van der Waals surface area contributed by atoms with Crippen LogP contribution >= 0.6 is 11.6 Å². The van der Waals surface area contributed by atoms with Crippen LogP contribution in [0.5, 0.6) is 0 Å². The Balaban J connectivity index is 1.45. The lowest BCUT2D eigenvalue weighted by Gasteiger charge is -2.36. The largest absolute Gasteiger partial charge is 0.371 e. The normalized spacial score (nSPS) is 14.6. The molecule has 0 atom stereocenters. The highest BCUT2D eigenvalue weighted by Crippen LogP contribution is 2.26. The fraction of sp³-hybridized carbons (Fsp3) is 0.400. The molecule has 0 bridgehead atoms. The van der Waals surface area contributed by atoms with Gasteiger partial charge >= 0.3 is 0 Å². The number of aromatic nitrogens is 3. The lowest BCUT2D eigenvalue weighted by atomic mass is 10.0. The van der Waals surface area contributed by atoms with Gasteiger partial charge in [0, 0.05) is 42.7 Å². The van der Waals surface area contributed by atoms with Crippen molar-refractivity contribution in [3.63, 3.8) is 0 Å². The summed E-state index contributed by atoms with van der Waals surface area (Å²) < 4.78 is 1.65. The summed E-state index contributed by atoms with van der Waals surface area (Å²) in [5.74, 6) is 0.768. The molecule has 1 saturated heterocycles. The quantitative estimate of drug-likeness (QED) is 0.497. The maximum atomic E-state index is 12.7. The number of benzene rings is 1. The number of piperidine rings is 1. The minimum absolute atomic E-state index is 0.0506. The number of nitrogens with one attached hydrogen (secondary N) is 2. The predicted octanol–water partition coefficient (Wildman–Crippen LogP) is 4.89. The minimum atomic E-state index is -0.133. The van der Waals surface area contributed by atoms with E-state index in [4.69, 9.17) is 11.6 Å². The van der Waals surface area contributed by atoms with E-state index in [0.717, 1.165) is 18.8 Å². The summed E-state index contributed by atoms with van der Waals surface area (Å²) in [4.78, 5) is 26.2. The molecular formula is C25H32ClN7O. The lowest BCUT2D eigenvalue weighted by molar-refractivity contribution is 0.249. The summed E-state index contributed by atoms with van der Waals surface area (Å²) in [6.45, 7) is 6.04. The highest BCUT2D eigenvalue weighted by atomic mass is 35.5. The van der Waals surface area contributed by atoms with Gasteiger partial charge in [-0.25, -0.2) is 4.98 Å². The summed E-state index contributed by atoms with van der Waals surface area (Å²) in [6, 6.07) is 12.5. The van der Waals surface area contributed by atoms with Gasteiger partial charge in [-0.3, -0.25) is 4.79 Å². The molecule has 0 unspecified atom stereocenters. The average molecular weight is 482 g/mol. The molecule has 0 saturated carbocycles. The Morgan fingerprint density at radius 2 is 1.79 bits per heavy atom. The van der Waals surface area contributed by atoms with Crippen LogP contribution < -0.4 is 21.1 Å². The molecule has 0 amide bonds. The Morgan fingerprint density at radius 3 is 2.44 bits per heavy atom. The van der Waals surface area contributed by atoms with Crippen molar-refractivity contribution in [3.8, 4) is 0 Å². The first-order valence-electron chi connectivity index (χ1n) is 11.6. The van der Waals surface area contributed by atoms with E-state index in [0.29, 0.717) is 28.5 Å². The topological polar surface area (TPSA) is 78.3 Å². The van der Waals surface area contributed by atoms with Crippen LogP contribution in [0.3, 0.4) is 0 Å². The standard InChI is InChI=1S/C25H32ClN7O/c1-17(2)33-13-5-6-22(24(33)34)29-23-21(26)16-27-25(30-23)28-18-7-9-20(10-8-18)32-14-11-19(12-15-32)31(3)4/h5-10,13,16-17,19H,11-12,14-15H2,1-4H3,(H2,27,28,29,30). The van der Waals surface area contributed by atoms with Crippen molar-refractivity contribution in [2.45, 2.75) is 38.8 Å². The summed E-state index contributed by atoms with van der Waals surface area (Å²) in [5, 5.41) is 6.62. The number of hydrogen-bond acceptors (Lipinski definition) is 7. The van der Waals surface area contributed by atoms with Gasteiger partial charge in [-0.2, -0.15) is 4.98 Å².